The Morgan fingerprint density at radius 2 is 0.483 bits per heavy atom. The first-order valence-corrected chi connectivity index (χ1v) is 20.2. The summed E-state index contributed by atoms with van der Waals surface area (Å²) in [5, 5.41) is 4.19. The number of benzene rings is 4. The topological polar surface area (TPSA) is 100 Å². The van der Waals surface area contributed by atoms with E-state index in [9.17, 15) is 0 Å². The van der Waals surface area contributed by atoms with Gasteiger partial charge in [0, 0.05) is 92.1 Å². The maximum Gasteiger partial charge on any atom is 0.118 e. The number of aromatic amines is 4. The van der Waals surface area contributed by atoms with Crippen molar-refractivity contribution in [2.24, 2.45) is 0 Å². The van der Waals surface area contributed by atoms with Gasteiger partial charge in [-0.05, 0) is 119 Å². The number of ether oxygens (including phenoxy) is 4. The van der Waals surface area contributed by atoms with Gasteiger partial charge in [-0.1, -0.05) is 48.5 Å². The molecule has 0 amide bonds. The number of H-pyrrole nitrogens is 4. The number of hydrogen-bond acceptors (Lipinski definition) is 4. The second kappa shape index (κ2) is 16.9. The predicted octanol–water partition coefficient (Wildman–Crippen LogP) is 7.11. The molecule has 0 saturated carbocycles. The van der Waals surface area contributed by atoms with E-state index in [1.807, 2.05) is 48.5 Å². The van der Waals surface area contributed by atoms with Crippen molar-refractivity contribution < 1.29 is 18.9 Å². The van der Waals surface area contributed by atoms with Crippen molar-refractivity contribution in [3.8, 4) is 23.0 Å². The van der Waals surface area contributed by atoms with Crippen LogP contribution in [0.3, 0.4) is 0 Å². The number of methoxy groups -OCH3 is 4. The molecule has 60 heavy (non-hydrogen) atoms. The fraction of sp³-hybridized carbons (Fsp3) is 0.154. The third-order valence-electron chi connectivity index (χ3n) is 11.5. The Kier molecular flexibility index (Phi) is 10.7. The highest BCUT2D eigenvalue weighted by molar-refractivity contribution is 5.73. The summed E-state index contributed by atoms with van der Waals surface area (Å²) >= 11 is 0. The molecule has 300 valence electrons. The standard InChI is InChI=1S/C52H48N4O4/c1-57-37-13-5-33(6-14-37)29-41-45-21-23-47(53-45)42(30-34-7-15-38(58-2)16-8-34)49-25-27-51(55-49)44(32-36-11-19-40(60-4)20-12-36)52-28-26-50(56-52)43(48-24-22-46(41)54-48)31-35-9-17-39(59-3)18-10-35/h5-28,53-56H,29-32H2,1-4H3. The van der Waals surface area contributed by atoms with Crippen molar-refractivity contribution in [3.05, 3.63) is 212 Å². The monoisotopic (exact) mass is 792 g/mol. The van der Waals surface area contributed by atoms with Crippen molar-refractivity contribution in [3.63, 3.8) is 0 Å². The quantitative estimate of drug-likeness (QED) is 0.106. The lowest BCUT2D eigenvalue weighted by Gasteiger charge is -2.10. The highest BCUT2D eigenvalue weighted by Crippen LogP contribution is 2.26. The fourth-order valence-electron chi connectivity index (χ4n) is 8.12. The molecule has 0 radical (unpaired) electrons. The Morgan fingerprint density at radius 3 is 0.683 bits per heavy atom. The van der Waals surface area contributed by atoms with E-state index >= 15 is 0 Å². The number of nitrogens with one attached hydrogen (secondary N) is 4. The van der Waals surface area contributed by atoms with Crippen LogP contribution in [-0.2, 0) is 25.7 Å². The third kappa shape index (κ3) is 8.05. The van der Waals surface area contributed by atoms with Crippen LogP contribution in [0.1, 0.15) is 45.0 Å². The average Bonchev–Trinajstić information content (AvgIpc) is 4.15. The first kappa shape index (κ1) is 38.2. The molecule has 0 atom stereocenters. The lowest BCUT2D eigenvalue weighted by molar-refractivity contribution is 0.414. The lowest BCUT2D eigenvalue weighted by Crippen LogP contribution is -2.19. The Bertz CT molecular complexity index is 2600. The summed E-state index contributed by atoms with van der Waals surface area (Å²) in [5.74, 6) is 3.34. The van der Waals surface area contributed by atoms with Gasteiger partial charge in [-0.2, -0.15) is 0 Å². The summed E-state index contributed by atoms with van der Waals surface area (Å²) in [7, 11) is 6.80. The number of fused-ring (bicyclic) bond motifs is 8. The summed E-state index contributed by atoms with van der Waals surface area (Å²) in [6.07, 6.45) is 2.81. The molecule has 9 rings (SSSR count). The second-order valence-electron chi connectivity index (χ2n) is 15.2. The lowest BCUT2D eigenvalue weighted by atomic mass is 10.0. The first-order valence-electron chi connectivity index (χ1n) is 20.2. The van der Waals surface area contributed by atoms with Crippen LogP contribution in [0.15, 0.2) is 146 Å². The minimum absolute atomic E-state index is 0.703. The summed E-state index contributed by atoms with van der Waals surface area (Å²) in [6.45, 7) is 0. The molecular formula is C52H48N4O4. The minimum atomic E-state index is 0.703. The van der Waals surface area contributed by atoms with Crippen molar-refractivity contribution >= 4 is 22.3 Å². The molecule has 0 fully saturated rings. The van der Waals surface area contributed by atoms with Gasteiger partial charge in [0.15, 0.2) is 0 Å². The van der Waals surface area contributed by atoms with Crippen molar-refractivity contribution in [2.45, 2.75) is 25.7 Å². The summed E-state index contributed by atoms with van der Waals surface area (Å²) in [5.41, 5.74) is 13.5. The van der Waals surface area contributed by atoms with E-state index in [1.54, 1.807) is 28.4 Å². The fourth-order valence-corrected chi connectivity index (χ4v) is 8.12. The molecule has 1 aliphatic rings. The van der Waals surface area contributed by atoms with Crippen molar-refractivity contribution in [2.75, 3.05) is 28.4 Å². The summed E-state index contributed by atoms with van der Waals surface area (Å²) in [6, 6.07) is 51.0. The third-order valence-corrected chi connectivity index (χ3v) is 11.5. The Morgan fingerprint density at radius 1 is 0.267 bits per heavy atom. The van der Waals surface area contributed by atoms with Crippen LogP contribution < -0.4 is 40.3 Å². The molecular weight excluding hydrogens is 745 g/mol. The van der Waals surface area contributed by atoms with Crippen molar-refractivity contribution in [1.82, 2.24) is 19.9 Å². The molecule has 0 saturated heterocycles. The zero-order valence-corrected chi connectivity index (χ0v) is 34.3. The Balaban J connectivity index is 1.29. The van der Waals surface area contributed by atoms with Gasteiger partial charge in [-0.25, -0.2) is 0 Å². The first-order chi connectivity index (χ1) is 29.5. The molecule has 1 aliphatic heterocycles. The minimum Gasteiger partial charge on any atom is -0.497 e. The number of aromatic nitrogens is 4. The van der Waals surface area contributed by atoms with Gasteiger partial charge >= 0.3 is 0 Å². The van der Waals surface area contributed by atoms with Crippen LogP contribution in [0.4, 0.5) is 0 Å². The molecule has 8 heteroatoms. The highest BCUT2D eigenvalue weighted by atomic mass is 16.5. The van der Waals surface area contributed by atoms with Crippen LogP contribution in [0.2, 0.25) is 0 Å². The highest BCUT2D eigenvalue weighted by Gasteiger charge is 2.17. The van der Waals surface area contributed by atoms with E-state index < -0.39 is 0 Å². The molecule has 8 nitrogen and oxygen atoms in total. The molecule has 5 heterocycles. The Labute approximate surface area is 349 Å². The maximum atomic E-state index is 5.50. The molecule has 4 aromatic carbocycles. The molecule has 0 aliphatic carbocycles. The van der Waals surface area contributed by atoms with E-state index in [1.165, 1.54) is 22.3 Å². The predicted molar refractivity (Wildman–Crippen MR) is 239 cm³/mol. The molecule has 8 bridgehead atoms. The molecule has 4 aromatic heterocycles. The van der Waals surface area contributed by atoms with Gasteiger partial charge in [-0.15, -0.1) is 0 Å². The average molecular weight is 793 g/mol. The molecule has 0 spiro atoms. The zero-order valence-electron chi connectivity index (χ0n) is 34.3. The zero-order chi connectivity index (χ0) is 41.0. The van der Waals surface area contributed by atoms with E-state index in [4.69, 9.17) is 18.9 Å². The SMILES string of the molecule is COc1ccc(CC2=c3ccc([nH]3)=C(Cc3ccc(OC)cc3)c3ccc([nH]3)C(Cc3ccc(OC)cc3)=c3ccc([nH]3)=C(Cc3ccc(OC)cc3)c3ccc2[nH]3)cc1. The van der Waals surface area contributed by atoms with Crippen LogP contribution in [0, 0.1) is 0 Å². The van der Waals surface area contributed by atoms with E-state index in [-0.39, 0.29) is 0 Å². The van der Waals surface area contributed by atoms with Gasteiger partial charge in [0.05, 0.1) is 28.4 Å². The van der Waals surface area contributed by atoms with Crippen LogP contribution in [-0.4, -0.2) is 48.4 Å². The molecule has 4 N–H and O–H groups in total. The maximum absolute atomic E-state index is 5.50. The molecule has 0 unspecified atom stereocenters. The largest absolute Gasteiger partial charge is 0.497 e. The number of rotatable bonds is 12. The van der Waals surface area contributed by atoms with Crippen LogP contribution in [0.5, 0.6) is 23.0 Å². The second-order valence-corrected chi connectivity index (χ2v) is 15.2. The van der Waals surface area contributed by atoms with Crippen LogP contribution in [0.25, 0.3) is 22.3 Å². The van der Waals surface area contributed by atoms with Gasteiger partial charge in [-0.3, -0.25) is 0 Å². The van der Waals surface area contributed by atoms with E-state index in [2.05, 4.69) is 117 Å². The van der Waals surface area contributed by atoms with Gasteiger partial charge in [0.1, 0.15) is 23.0 Å². The number of hydrogen-bond donors (Lipinski definition) is 4. The van der Waals surface area contributed by atoms with Gasteiger partial charge in [0.2, 0.25) is 0 Å². The van der Waals surface area contributed by atoms with Crippen LogP contribution >= 0.6 is 0 Å². The normalized spacial score (nSPS) is 12.5. The molecule has 8 aromatic rings. The summed E-state index contributed by atoms with van der Waals surface area (Å²) < 4.78 is 22.0. The smallest absolute Gasteiger partial charge is 0.118 e. The Hall–Kier alpha value is -7.32. The van der Waals surface area contributed by atoms with Gasteiger partial charge in [0.25, 0.3) is 0 Å². The van der Waals surface area contributed by atoms with E-state index in [0.717, 1.165) is 89.5 Å². The van der Waals surface area contributed by atoms with Crippen molar-refractivity contribution in [1.29, 1.82) is 0 Å². The summed E-state index contributed by atoms with van der Waals surface area (Å²) in [4.78, 5) is 15.6. The van der Waals surface area contributed by atoms with Gasteiger partial charge < -0.3 is 38.9 Å². The van der Waals surface area contributed by atoms with E-state index in [0.29, 0.717) is 25.7 Å².